The molecule has 1 heterocycles. The number of hydrogen-bond acceptors (Lipinski definition) is 6. The summed E-state index contributed by atoms with van der Waals surface area (Å²) in [5.74, 6) is 1.07. The average molecular weight is 592 g/mol. The molecule has 0 radical (unpaired) electrons. The molecule has 228 valence electrons. The standard InChI is InChI=1S/C19H23NO.C18H18N2O3/c20-18-10-7-14(8-11-18)12-15-6-9-17(13-15)19(21)16-4-2-1-3-5-16;21-18(14-4-2-1-3-5-14)17-11-8-15(19-17)12-13-6-9-16(10-7-13)20(22)23/h1-5,7-8,10-11,15,17,19,21H,6,9,12-13,20H2;1-7,9-10,17-18,21H,8,11-12H2/t15?,17-,19+;17-,18-/m01/s1. The number of nitrogens with zero attached hydrogens (tertiary/aromatic N) is 2. The second-order valence-electron chi connectivity index (χ2n) is 12.0. The van der Waals surface area contributed by atoms with Crippen molar-refractivity contribution in [3.05, 3.63) is 142 Å². The highest BCUT2D eigenvalue weighted by molar-refractivity contribution is 5.88. The molecule has 44 heavy (non-hydrogen) atoms. The number of anilines is 1. The molecule has 4 aromatic rings. The van der Waals surface area contributed by atoms with Gasteiger partial charge >= 0.3 is 0 Å². The van der Waals surface area contributed by atoms with Crippen LogP contribution in [-0.4, -0.2) is 26.9 Å². The molecule has 0 spiro atoms. The summed E-state index contributed by atoms with van der Waals surface area (Å²) in [6.07, 6.45) is 6.00. The largest absolute Gasteiger partial charge is 0.399 e. The third-order valence-corrected chi connectivity index (χ3v) is 8.81. The number of hydrogen-bond donors (Lipinski definition) is 3. The van der Waals surface area contributed by atoms with Gasteiger partial charge in [0, 0.05) is 30.0 Å². The van der Waals surface area contributed by atoms with Gasteiger partial charge in [-0.15, -0.1) is 0 Å². The molecule has 0 amide bonds. The average Bonchev–Trinajstić information content (AvgIpc) is 3.73. The molecule has 1 saturated carbocycles. The predicted octanol–water partition coefficient (Wildman–Crippen LogP) is 7.44. The van der Waals surface area contributed by atoms with Gasteiger partial charge in [-0.3, -0.25) is 15.1 Å². The summed E-state index contributed by atoms with van der Waals surface area (Å²) in [5, 5.41) is 31.6. The number of aliphatic hydroxyl groups excluding tert-OH is 2. The van der Waals surface area contributed by atoms with E-state index in [1.807, 2.05) is 72.8 Å². The Balaban J connectivity index is 0.000000175. The fourth-order valence-corrected chi connectivity index (χ4v) is 6.38. The Morgan fingerprint density at radius 2 is 1.36 bits per heavy atom. The molecule has 2 aliphatic rings. The van der Waals surface area contributed by atoms with Gasteiger partial charge in [-0.25, -0.2) is 0 Å². The third-order valence-electron chi connectivity index (χ3n) is 8.81. The van der Waals surface area contributed by atoms with E-state index in [0.717, 1.165) is 60.2 Å². The summed E-state index contributed by atoms with van der Waals surface area (Å²) < 4.78 is 0. The van der Waals surface area contributed by atoms with Gasteiger partial charge in [-0.2, -0.15) is 0 Å². The van der Waals surface area contributed by atoms with E-state index < -0.39 is 11.0 Å². The van der Waals surface area contributed by atoms with Crippen LogP contribution in [0.15, 0.2) is 114 Å². The van der Waals surface area contributed by atoms with E-state index in [9.17, 15) is 20.3 Å². The quantitative estimate of drug-likeness (QED) is 0.106. The summed E-state index contributed by atoms with van der Waals surface area (Å²) in [7, 11) is 0. The molecule has 4 N–H and O–H groups in total. The predicted molar refractivity (Wildman–Crippen MR) is 175 cm³/mol. The number of non-ortho nitro benzene ring substituents is 1. The smallest absolute Gasteiger partial charge is 0.269 e. The molecule has 1 aliphatic carbocycles. The van der Waals surface area contributed by atoms with E-state index in [2.05, 4.69) is 17.1 Å². The number of nitro benzene ring substituents is 1. The first kappa shape index (κ1) is 31.1. The Morgan fingerprint density at radius 1 is 0.773 bits per heavy atom. The van der Waals surface area contributed by atoms with Crippen molar-refractivity contribution >= 4 is 17.1 Å². The molecule has 5 atom stereocenters. The van der Waals surface area contributed by atoms with E-state index in [-0.39, 0.29) is 17.8 Å². The van der Waals surface area contributed by atoms with Gasteiger partial charge in [0.1, 0.15) is 6.10 Å². The maximum absolute atomic E-state index is 10.7. The number of aliphatic hydroxyl groups is 2. The second kappa shape index (κ2) is 14.9. The molecule has 1 aliphatic heterocycles. The van der Waals surface area contributed by atoms with Crippen LogP contribution < -0.4 is 5.73 Å². The van der Waals surface area contributed by atoms with Crippen LogP contribution in [0.1, 0.15) is 66.6 Å². The highest BCUT2D eigenvalue weighted by Gasteiger charge is 2.30. The highest BCUT2D eigenvalue weighted by Crippen LogP contribution is 2.40. The molecule has 0 saturated heterocycles. The lowest BCUT2D eigenvalue weighted by atomic mass is 9.91. The van der Waals surface area contributed by atoms with Crippen LogP contribution in [0.5, 0.6) is 0 Å². The van der Waals surface area contributed by atoms with Crippen molar-refractivity contribution in [3.8, 4) is 0 Å². The Bertz CT molecular complexity index is 1510. The van der Waals surface area contributed by atoms with Crippen molar-refractivity contribution in [2.75, 3.05) is 5.73 Å². The van der Waals surface area contributed by atoms with Crippen LogP contribution in [0, 0.1) is 22.0 Å². The Hall–Kier alpha value is -4.33. The summed E-state index contributed by atoms with van der Waals surface area (Å²) >= 11 is 0. The maximum atomic E-state index is 10.7. The van der Waals surface area contributed by atoms with Crippen LogP contribution >= 0.6 is 0 Å². The van der Waals surface area contributed by atoms with Gasteiger partial charge in [0.15, 0.2) is 0 Å². The molecule has 7 nitrogen and oxygen atoms in total. The Labute approximate surface area is 259 Å². The molecule has 7 heteroatoms. The lowest BCUT2D eigenvalue weighted by Crippen LogP contribution is -2.13. The lowest BCUT2D eigenvalue weighted by molar-refractivity contribution is -0.384. The first-order valence-corrected chi connectivity index (χ1v) is 15.4. The van der Waals surface area contributed by atoms with Gasteiger partial charge in [0.25, 0.3) is 5.69 Å². The fourth-order valence-electron chi connectivity index (χ4n) is 6.38. The molecule has 0 bridgehead atoms. The van der Waals surface area contributed by atoms with Crippen molar-refractivity contribution in [1.82, 2.24) is 0 Å². The van der Waals surface area contributed by atoms with Gasteiger partial charge in [0.2, 0.25) is 0 Å². The zero-order valence-electron chi connectivity index (χ0n) is 24.9. The molecular weight excluding hydrogens is 550 g/mol. The molecule has 4 aromatic carbocycles. The normalized spacial score (nSPS) is 20.7. The lowest BCUT2D eigenvalue weighted by Gasteiger charge is -2.18. The molecule has 1 unspecified atom stereocenters. The van der Waals surface area contributed by atoms with Crippen LogP contribution in [0.3, 0.4) is 0 Å². The van der Waals surface area contributed by atoms with Crippen molar-refractivity contribution in [1.29, 1.82) is 0 Å². The molecular formula is C37H41N3O4. The Morgan fingerprint density at radius 3 is 1.98 bits per heavy atom. The number of aliphatic imine (C=N–C) groups is 1. The maximum Gasteiger partial charge on any atom is 0.269 e. The zero-order chi connectivity index (χ0) is 30.9. The van der Waals surface area contributed by atoms with E-state index >= 15 is 0 Å². The van der Waals surface area contributed by atoms with E-state index in [1.54, 1.807) is 12.1 Å². The second-order valence-corrected chi connectivity index (χ2v) is 12.0. The molecule has 0 aromatic heterocycles. The van der Waals surface area contributed by atoms with Crippen molar-refractivity contribution in [2.45, 2.75) is 63.2 Å². The fraction of sp³-hybridized carbons (Fsp3) is 0.324. The number of nitrogen functional groups attached to an aromatic ring is 1. The molecule has 6 rings (SSSR count). The van der Waals surface area contributed by atoms with Crippen molar-refractivity contribution in [3.63, 3.8) is 0 Å². The summed E-state index contributed by atoms with van der Waals surface area (Å²) in [4.78, 5) is 14.9. The van der Waals surface area contributed by atoms with E-state index in [1.165, 1.54) is 24.1 Å². The zero-order valence-corrected chi connectivity index (χ0v) is 24.9. The SMILES string of the molecule is Nc1ccc(CC2CC[C@H]([C@H](O)c3ccccc3)C2)cc1.O=[N+]([O-])c1ccc(CC2=N[C@@H]([C@H](O)c3ccccc3)CC2)cc1. The highest BCUT2D eigenvalue weighted by atomic mass is 16.6. The van der Waals surface area contributed by atoms with Crippen molar-refractivity contribution < 1.29 is 15.1 Å². The third kappa shape index (κ3) is 8.40. The number of nitro groups is 1. The summed E-state index contributed by atoms with van der Waals surface area (Å²) in [6.45, 7) is 0. The van der Waals surface area contributed by atoms with E-state index in [0.29, 0.717) is 18.3 Å². The first-order chi connectivity index (χ1) is 21.4. The summed E-state index contributed by atoms with van der Waals surface area (Å²) in [6, 6.07) is 34.3. The minimum Gasteiger partial charge on any atom is -0.399 e. The number of rotatable bonds is 9. The topological polar surface area (TPSA) is 122 Å². The van der Waals surface area contributed by atoms with Gasteiger partial charge in [0.05, 0.1) is 17.1 Å². The van der Waals surface area contributed by atoms with Crippen LogP contribution in [0.25, 0.3) is 0 Å². The monoisotopic (exact) mass is 591 g/mol. The van der Waals surface area contributed by atoms with Gasteiger partial charge < -0.3 is 15.9 Å². The Kier molecular flexibility index (Phi) is 10.5. The van der Waals surface area contributed by atoms with Gasteiger partial charge in [-0.1, -0.05) is 84.9 Å². The van der Waals surface area contributed by atoms with Crippen molar-refractivity contribution in [2.24, 2.45) is 16.8 Å². The van der Waals surface area contributed by atoms with Crippen LogP contribution in [0.4, 0.5) is 11.4 Å². The van der Waals surface area contributed by atoms with Crippen LogP contribution in [-0.2, 0) is 12.8 Å². The minimum absolute atomic E-state index is 0.0967. The number of nitrogens with two attached hydrogens (primary N) is 1. The summed E-state index contributed by atoms with van der Waals surface area (Å²) in [5.41, 5.74) is 12.0. The van der Waals surface area contributed by atoms with Crippen LogP contribution in [0.2, 0.25) is 0 Å². The number of benzene rings is 4. The first-order valence-electron chi connectivity index (χ1n) is 15.4. The molecule has 1 fully saturated rings. The van der Waals surface area contributed by atoms with E-state index in [4.69, 9.17) is 5.73 Å². The van der Waals surface area contributed by atoms with Gasteiger partial charge in [-0.05, 0) is 84.7 Å². The minimum atomic E-state index is -0.578.